The maximum atomic E-state index is 12.8. The van der Waals surface area contributed by atoms with Gasteiger partial charge in [0, 0.05) is 18.3 Å². The topological polar surface area (TPSA) is 43.2 Å². The second-order valence-corrected chi connectivity index (χ2v) is 7.02. The van der Waals surface area contributed by atoms with Crippen molar-refractivity contribution in [1.82, 2.24) is 0 Å². The lowest BCUT2D eigenvalue weighted by atomic mass is 9.97. The Morgan fingerprint density at radius 1 is 0.875 bits per heavy atom. The van der Waals surface area contributed by atoms with Gasteiger partial charge in [0.1, 0.15) is 11.5 Å². The van der Waals surface area contributed by atoms with Crippen LogP contribution >= 0.6 is 0 Å². The molecule has 7 heteroatoms. The summed E-state index contributed by atoms with van der Waals surface area (Å²) in [6.45, 7) is 3.79. The molecule has 0 aliphatic rings. The van der Waals surface area contributed by atoms with Crippen LogP contribution in [0.1, 0.15) is 23.6 Å². The molecule has 0 amide bonds. The van der Waals surface area contributed by atoms with Crippen LogP contribution in [0.25, 0.3) is 11.1 Å². The number of methoxy groups -OCH3 is 1. The zero-order valence-electron chi connectivity index (χ0n) is 18.2. The van der Waals surface area contributed by atoms with Crippen molar-refractivity contribution >= 4 is 11.5 Å². The van der Waals surface area contributed by atoms with E-state index in [0.29, 0.717) is 11.5 Å². The third-order valence-corrected chi connectivity index (χ3v) is 4.89. The summed E-state index contributed by atoms with van der Waals surface area (Å²) in [6, 6.07) is 19.5. The summed E-state index contributed by atoms with van der Waals surface area (Å²) in [6.07, 6.45) is -4.81. The number of hydrogen-bond donors (Lipinski definition) is 0. The van der Waals surface area contributed by atoms with Gasteiger partial charge in [-0.25, -0.2) is 4.99 Å². The van der Waals surface area contributed by atoms with E-state index in [1.807, 2.05) is 49.4 Å². The van der Waals surface area contributed by atoms with Crippen LogP contribution in [0.4, 0.5) is 13.2 Å². The highest BCUT2D eigenvalue weighted by Crippen LogP contribution is 2.33. The van der Waals surface area contributed by atoms with Gasteiger partial charge >= 0.3 is 6.36 Å². The normalized spacial score (nSPS) is 12.6. The molecule has 0 spiro atoms. The smallest absolute Gasteiger partial charge is 0.496 e. The summed E-state index contributed by atoms with van der Waals surface area (Å²) in [5, 5.41) is 0. The van der Waals surface area contributed by atoms with Crippen molar-refractivity contribution in [1.29, 1.82) is 0 Å². The molecule has 0 aromatic heterocycles. The summed E-state index contributed by atoms with van der Waals surface area (Å²) in [5.74, 6) is 0.441. The number of halogens is 3. The zero-order valence-corrected chi connectivity index (χ0v) is 18.2. The zero-order chi connectivity index (χ0) is 23.3. The van der Waals surface area contributed by atoms with E-state index in [2.05, 4.69) is 14.7 Å². The highest BCUT2D eigenvalue weighted by Gasteiger charge is 2.32. The molecule has 0 aliphatic carbocycles. The molecule has 0 atom stereocenters. The first-order valence-electron chi connectivity index (χ1n) is 9.85. The van der Waals surface area contributed by atoms with Gasteiger partial charge in [0.15, 0.2) is 5.84 Å². The van der Waals surface area contributed by atoms with Gasteiger partial charge in [-0.2, -0.15) is 0 Å². The Balaban J connectivity index is 1.99. The Hall–Kier alpha value is -3.61. The van der Waals surface area contributed by atoms with Crippen LogP contribution in [-0.2, 0) is 0 Å². The van der Waals surface area contributed by atoms with Crippen molar-refractivity contribution in [3.05, 3.63) is 83.4 Å². The standard InChI is InChI=1S/C25H23F3N2O2/c1-16-9-5-6-10-19(16)20-14-13-18(15-23(20)31-4)17(2)30-24(29-3)21-11-7-8-12-22(21)32-25(26,27)28/h5-15H,1-4H3. The molecule has 3 aromatic rings. The SMILES string of the molecule is CN=C(N=C(C)c1ccc(-c2ccccc2C)c(OC)c1)c1ccccc1OC(F)(F)F. The number of aliphatic imine (C=N–C) groups is 2. The quantitative estimate of drug-likeness (QED) is 0.338. The molecule has 0 bridgehead atoms. The van der Waals surface area contributed by atoms with Crippen LogP contribution in [-0.4, -0.2) is 32.1 Å². The third kappa shape index (κ3) is 5.35. The van der Waals surface area contributed by atoms with Gasteiger partial charge in [-0.3, -0.25) is 4.99 Å². The molecule has 166 valence electrons. The first-order valence-corrected chi connectivity index (χ1v) is 9.85. The van der Waals surface area contributed by atoms with Crippen LogP contribution in [0.2, 0.25) is 0 Å². The number of hydrogen-bond acceptors (Lipinski definition) is 3. The van der Waals surface area contributed by atoms with E-state index in [0.717, 1.165) is 22.3 Å². The predicted octanol–water partition coefficient (Wildman–Crippen LogP) is 6.45. The number of amidine groups is 1. The van der Waals surface area contributed by atoms with Crippen molar-refractivity contribution in [2.24, 2.45) is 9.98 Å². The fraction of sp³-hybridized carbons (Fsp3) is 0.200. The fourth-order valence-electron chi connectivity index (χ4n) is 3.33. The van der Waals surface area contributed by atoms with E-state index >= 15 is 0 Å². The average Bonchev–Trinajstić information content (AvgIpc) is 2.77. The average molecular weight is 440 g/mol. The van der Waals surface area contributed by atoms with Crippen molar-refractivity contribution in [3.63, 3.8) is 0 Å². The molecule has 0 N–H and O–H groups in total. The Kier molecular flexibility index (Phi) is 6.98. The van der Waals surface area contributed by atoms with Crippen molar-refractivity contribution in [3.8, 4) is 22.6 Å². The van der Waals surface area contributed by atoms with E-state index in [-0.39, 0.29) is 17.1 Å². The predicted molar refractivity (Wildman–Crippen MR) is 121 cm³/mol. The van der Waals surface area contributed by atoms with E-state index in [4.69, 9.17) is 4.74 Å². The second kappa shape index (κ2) is 9.68. The van der Waals surface area contributed by atoms with Crippen molar-refractivity contribution < 1.29 is 22.6 Å². The van der Waals surface area contributed by atoms with Crippen molar-refractivity contribution in [2.45, 2.75) is 20.2 Å². The van der Waals surface area contributed by atoms with E-state index in [9.17, 15) is 13.2 Å². The van der Waals surface area contributed by atoms with Gasteiger partial charge < -0.3 is 9.47 Å². The minimum atomic E-state index is -4.81. The van der Waals surface area contributed by atoms with Crippen molar-refractivity contribution in [2.75, 3.05) is 14.2 Å². The number of benzene rings is 3. The maximum absolute atomic E-state index is 12.8. The molecule has 0 fully saturated rings. The first kappa shape index (κ1) is 23.1. The van der Waals surface area contributed by atoms with Gasteiger partial charge in [0.25, 0.3) is 0 Å². The van der Waals surface area contributed by atoms with Crippen LogP contribution in [0.5, 0.6) is 11.5 Å². The summed E-state index contributed by atoms with van der Waals surface area (Å²) in [7, 11) is 3.06. The molecule has 0 unspecified atom stereocenters. The third-order valence-electron chi connectivity index (χ3n) is 4.89. The summed E-state index contributed by atoms with van der Waals surface area (Å²) >= 11 is 0. The number of alkyl halides is 3. The van der Waals surface area contributed by atoms with Gasteiger partial charge in [0.05, 0.1) is 12.7 Å². The Morgan fingerprint density at radius 3 is 2.22 bits per heavy atom. The largest absolute Gasteiger partial charge is 0.573 e. The fourth-order valence-corrected chi connectivity index (χ4v) is 3.33. The van der Waals surface area contributed by atoms with Gasteiger partial charge in [-0.1, -0.05) is 42.5 Å². The number of para-hydroxylation sites is 1. The maximum Gasteiger partial charge on any atom is 0.573 e. The molecule has 3 aromatic carbocycles. The molecule has 3 rings (SSSR count). The monoisotopic (exact) mass is 440 g/mol. The van der Waals surface area contributed by atoms with Gasteiger partial charge in [-0.15, -0.1) is 13.2 Å². The molecule has 0 heterocycles. The highest BCUT2D eigenvalue weighted by atomic mass is 19.4. The van der Waals surface area contributed by atoms with Crippen LogP contribution in [0.3, 0.4) is 0 Å². The highest BCUT2D eigenvalue weighted by molar-refractivity contribution is 6.12. The molecule has 0 saturated carbocycles. The molecule has 0 radical (unpaired) electrons. The lowest BCUT2D eigenvalue weighted by Crippen LogP contribution is -2.19. The number of ether oxygens (including phenoxy) is 2. The molecule has 4 nitrogen and oxygen atoms in total. The number of nitrogens with zero attached hydrogens (tertiary/aromatic N) is 2. The molecule has 0 aliphatic heterocycles. The molecular formula is C25H23F3N2O2. The van der Waals surface area contributed by atoms with Gasteiger partial charge in [0.2, 0.25) is 0 Å². The Morgan fingerprint density at radius 2 is 1.56 bits per heavy atom. The number of aryl methyl sites for hydroxylation is 1. The minimum absolute atomic E-state index is 0.129. The van der Waals surface area contributed by atoms with E-state index < -0.39 is 6.36 Å². The van der Waals surface area contributed by atoms with Crippen LogP contribution in [0.15, 0.2) is 76.7 Å². The second-order valence-electron chi connectivity index (χ2n) is 7.02. The van der Waals surface area contributed by atoms with Crippen LogP contribution in [0, 0.1) is 6.92 Å². The molecular weight excluding hydrogens is 417 g/mol. The van der Waals surface area contributed by atoms with Gasteiger partial charge in [-0.05, 0) is 54.8 Å². The van der Waals surface area contributed by atoms with E-state index in [1.165, 1.54) is 25.2 Å². The first-order chi connectivity index (χ1) is 15.2. The van der Waals surface area contributed by atoms with E-state index in [1.54, 1.807) is 20.1 Å². The Bertz CT molecular complexity index is 1170. The van der Waals surface area contributed by atoms with Crippen LogP contribution < -0.4 is 9.47 Å². The Labute approximate surface area is 185 Å². The lowest BCUT2D eigenvalue weighted by Gasteiger charge is -2.14. The summed E-state index contributed by atoms with van der Waals surface area (Å²) in [4.78, 5) is 8.57. The summed E-state index contributed by atoms with van der Waals surface area (Å²) in [5.41, 5.74) is 4.59. The minimum Gasteiger partial charge on any atom is -0.496 e. The summed E-state index contributed by atoms with van der Waals surface area (Å²) < 4.78 is 48.1. The number of rotatable bonds is 5. The molecule has 0 saturated heterocycles. The lowest BCUT2D eigenvalue weighted by molar-refractivity contribution is -0.274. The molecule has 32 heavy (non-hydrogen) atoms.